The van der Waals surface area contributed by atoms with E-state index in [0.29, 0.717) is 34.5 Å². The zero-order chi connectivity index (χ0) is 27.8. The Morgan fingerprint density at radius 1 is 1.16 bits per heavy atom. The Labute approximate surface area is 247 Å². The summed E-state index contributed by atoms with van der Waals surface area (Å²) in [5.41, 5.74) is 2.32. The number of nitrogens with one attached hydrogen (secondary N) is 2. The number of rotatable bonds is 12. The van der Waals surface area contributed by atoms with Gasteiger partial charge >= 0.3 is 0 Å². The van der Waals surface area contributed by atoms with Gasteiger partial charge in [0.15, 0.2) is 11.0 Å². The van der Waals surface area contributed by atoms with Crippen LogP contribution in [0.2, 0.25) is 5.02 Å². The number of amides is 2. The molecule has 3 rings (SSSR count). The summed E-state index contributed by atoms with van der Waals surface area (Å²) in [5, 5.41) is 15.9. The second kappa shape index (κ2) is 14.1. The van der Waals surface area contributed by atoms with Gasteiger partial charge < -0.3 is 15.2 Å². The Morgan fingerprint density at radius 2 is 1.89 bits per heavy atom. The summed E-state index contributed by atoms with van der Waals surface area (Å²) in [7, 11) is 0. The van der Waals surface area contributed by atoms with Gasteiger partial charge in [0, 0.05) is 15.8 Å². The summed E-state index contributed by atoms with van der Waals surface area (Å²) >= 11 is 9.83. The van der Waals surface area contributed by atoms with Crippen LogP contribution >= 0.6 is 46.0 Å². The van der Waals surface area contributed by atoms with E-state index >= 15 is 0 Å². The van der Waals surface area contributed by atoms with E-state index in [0.717, 1.165) is 14.8 Å². The molecule has 202 valence electrons. The predicted molar refractivity (Wildman–Crippen MR) is 164 cm³/mol. The van der Waals surface area contributed by atoms with Gasteiger partial charge in [0.05, 0.1) is 22.4 Å². The van der Waals surface area contributed by atoms with Crippen LogP contribution in [0.1, 0.15) is 67.8 Å². The minimum absolute atomic E-state index is 0.126. The van der Waals surface area contributed by atoms with Crippen molar-refractivity contribution in [2.45, 2.75) is 57.8 Å². The fourth-order valence-corrected chi connectivity index (χ4v) is 5.48. The van der Waals surface area contributed by atoms with E-state index in [1.54, 1.807) is 30.3 Å². The molecule has 0 aliphatic carbocycles. The van der Waals surface area contributed by atoms with E-state index in [-0.39, 0.29) is 29.4 Å². The first-order valence-corrected chi connectivity index (χ1v) is 14.9. The number of aromatic nitrogens is 3. The highest BCUT2D eigenvalue weighted by atomic mass is 127. The summed E-state index contributed by atoms with van der Waals surface area (Å²) in [6, 6.07) is 12.6. The number of nitrogens with zero attached hydrogens (tertiary/aromatic N) is 3. The topological polar surface area (TPSA) is 88.9 Å². The Morgan fingerprint density at radius 3 is 2.55 bits per heavy atom. The molecule has 3 aromatic rings. The quantitative estimate of drug-likeness (QED) is 0.123. The summed E-state index contributed by atoms with van der Waals surface area (Å²) in [4.78, 5) is 25.9. The van der Waals surface area contributed by atoms with Crippen LogP contribution in [0.4, 0.5) is 5.69 Å². The molecule has 1 atom stereocenters. The third-order valence-corrected chi connectivity index (χ3v) is 7.71. The van der Waals surface area contributed by atoms with E-state index in [9.17, 15) is 9.59 Å². The van der Waals surface area contributed by atoms with Crippen LogP contribution in [-0.2, 0) is 11.3 Å². The van der Waals surface area contributed by atoms with E-state index in [1.807, 2.05) is 16.7 Å². The molecular weight excluding hydrogens is 633 g/mol. The molecule has 0 unspecified atom stereocenters. The fourth-order valence-electron chi connectivity index (χ4n) is 3.99. The molecule has 38 heavy (non-hydrogen) atoms. The minimum atomic E-state index is -0.394. The van der Waals surface area contributed by atoms with E-state index in [2.05, 4.69) is 83.8 Å². The Kier molecular flexibility index (Phi) is 11.2. The Bertz CT molecular complexity index is 1290. The first-order valence-electron chi connectivity index (χ1n) is 12.4. The zero-order valence-corrected chi connectivity index (χ0v) is 25.7. The van der Waals surface area contributed by atoms with Crippen molar-refractivity contribution >= 4 is 63.5 Å². The third kappa shape index (κ3) is 8.07. The molecule has 0 radical (unpaired) electrons. The maximum absolute atomic E-state index is 13.1. The zero-order valence-electron chi connectivity index (χ0n) is 22.0. The molecule has 2 aromatic carbocycles. The van der Waals surface area contributed by atoms with Crippen molar-refractivity contribution in [3.05, 3.63) is 80.7 Å². The van der Waals surface area contributed by atoms with Crippen molar-refractivity contribution in [1.29, 1.82) is 0 Å². The summed E-state index contributed by atoms with van der Waals surface area (Å²) in [5.74, 6) is 0.942. The molecule has 0 fully saturated rings. The summed E-state index contributed by atoms with van der Waals surface area (Å²) < 4.78 is 3.02. The number of hydrogen-bond acceptors (Lipinski definition) is 5. The maximum Gasteiger partial charge on any atom is 0.253 e. The average Bonchev–Trinajstić information content (AvgIpc) is 3.26. The Balaban J connectivity index is 1.79. The maximum atomic E-state index is 13.1. The number of carbonyl (C=O) groups is 2. The molecule has 0 aliphatic heterocycles. The standard InChI is InChI=1S/C28H33ClIN5O2S/c1-6-13-35-26(24(14-17(2)3)32-27(37)20-9-7-8-10-22(20)29)33-34-28(35)38-16-25(36)31-23-12-11-19(30)15-21(23)18(4)5/h6-12,15,17-18,24H,1,13-14,16H2,2-5H3,(H,31,36)(H,32,37)/t24-/m0/s1. The largest absolute Gasteiger partial charge is 0.342 e. The van der Waals surface area contributed by atoms with Crippen molar-refractivity contribution in [1.82, 2.24) is 20.1 Å². The lowest BCUT2D eigenvalue weighted by atomic mass is 10.0. The van der Waals surface area contributed by atoms with Crippen LogP contribution in [0.25, 0.3) is 0 Å². The highest BCUT2D eigenvalue weighted by molar-refractivity contribution is 14.1. The second-order valence-corrected chi connectivity index (χ2v) is 12.2. The number of hydrogen-bond donors (Lipinski definition) is 2. The van der Waals surface area contributed by atoms with Crippen LogP contribution in [0.5, 0.6) is 0 Å². The highest BCUT2D eigenvalue weighted by Gasteiger charge is 2.25. The molecule has 0 aliphatic rings. The van der Waals surface area contributed by atoms with Crippen LogP contribution < -0.4 is 10.6 Å². The van der Waals surface area contributed by atoms with Crippen molar-refractivity contribution in [2.24, 2.45) is 5.92 Å². The summed E-state index contributed by atoms with van der Waals surface area (Å²) in [6.07, 6.45) is 2.40. The lowest BCUT2D eigenvalue weighted by Gasteiger charge is -2.21. The van der Waals surface area contributed by atoms with Gasteiger partial charge in [0.1, 0.15) is 0 Å². The molecule has 0 spiro atoms. The fraction of sp³-hybridized carbons (Fsp3) is 0.357. The number of thioether (sulfide) groups is 1. The monoisotopic (exact) mass is 665 g/mol. The van der Waals surface area contributed by atoms with Gasteiger partial charge in [-0.05, 0) is 76.7 Å². The number of carbonyl (C=O) groups excluding carboxylic acids is 2. The molecule has 10 heteroatoms. The number of allylic oxidation sites excluding steroid dienone is 1. The Hall–Kier alpha value is -2.37. The predicted octanol–water partition coefficient (Wildman–Crippen LogP) is 7.09. The third-order valence-electron chi connectivity index (χ3n) is 5.74. The SMILES string of the molecule is C=CCn1c(SCC(=O)Nc2ccc(I)cc2C(C)C)nnc1[C@H](CC(C)C)NC(=O)c1ccccc1Cl. The average molecular weight is 666 g/mol. The number of halogens is 2. The van der Waals surface area contributed by atoms with Gasteiger partial charge in [0.25, 0.3) is 5.91 Å². The van der Waals surface area contributed by atoms with Crippen LogP contribution in [0, 0.1) is 9.49 Å². The molecule has 1 heterocycles. The lowest BCUT2D eigenvalue weighted by molar-refractivity contribution is -0.113. The normalized spacial score (nSPS) is 12.0. The minimum Gasteiger partial charge on any atom is -0.342 e. The second-order valence-electron chi connectivity index (χ2n) is 9.60. The van der Waals surface area contributed by atoms with Gasteiger partial charge in [-0.1, -0.05) is 69.3 Å². The molecule has 2 N–H and O–H groups in total. The van der Waals surface area contributed by atoms with Crippen molar-refractivity contribution in [2.75, 3.05) is 11.1 Å². The molecule has 0 saturated carbocycles. The number of anilines is 1. The van der Waals surface area contributed by atoms with Gasteiger partial charge in [-0.2, -0.15) is 0 Å². The van der Waals surface area contributed by atoms with Gasteiger partial charge in [-0.15, -0.1) is 16.8 Å². The molecule has 0 saturated heterocycles. The smallest absolute Gasteiger partial charge is 0.253 e. The van der Waals surface area contributed by atoms with Crippen LogP contribution in [0.15, 0.2) is 60.3 Å². The number of benzene rings is 2. The van der Waals surface area contributed by atoms with E-state index < -0.39 is 6.04 Å². The molecular formula is C28H33ClIN5O2S. The van der Waals surface area contributed by atoms with Gasteiger partial charge in [0.2, 0.25) is 5.91 Å². The van der Waals surface area contributed by atoms with E-state index in [4.69, 9.17) is 11.6 Å². The molecule has 7 nitrogen and oxygen atoms in total. The van der Waals surface area contributed by atoms with Crippen LogP contribution in [0.3, 0.4) is 0 Å². The molecule has 1 aromatic heterocycles. The van der Waals surface area contributed by atoms with Crippen LogP contribution in [-0.4, -0.2) is 32.3 Å². The van der Waals surface area contributed by atoms with Crippen molar-refractivity contribution < 1.29 is 9.59 Å². The van der Waals surface area contributed by atoms with Gasteiger partial charge in [-0.25, -0.2) is 0 Å². The molecule has 2 amide bonds. The summed E-state index contributed by atoms with van der Waals surface area (Å²) in [6.45, 7) is 12.7. The highest BCUT2D eigenvalue weighted by Crippen LogP contribution is 2.28. The van der Waals surface area contributed by atoms with Gasteiger partial charge in [-0.3, -0.25) is 9.59 Å². The first kappa shape index (κ1) is 30.2. The van der Waals surface area contributed by atoms with Crippen molar-refractivity contribution in [3.8, 4) is 0 Å². The van der Waals surface area contributed by atoms with Crippen molar-refractivity contribution in [3.63, 3.8) is 0 Å². The van der Waals surface area contributed by atoms with E-state index in [1.165, 1.54) is 11.8 Å². The first-order chi connectivity index (χ1) is 18.1. The molecule has 0 bridgehead atoms. The lowest BCUT2D eigenvalue weighted by Crippen LogP contribution is -2.32.